The molecule has 0 aromatic carbocycles. The van der Waals surface area contributed by atoms with E-state index in [9.17, 15) is 4.79 Å². The first-order valence-corrected chi connectivity index (χ1v) is 7.72. The molecular weight excluding hydrogens is 282 g/mol. The van der Waals surface area contributed by atoms with Crippen LogP contribution in [0.2, 0.25) is 0 Å². The van der Waals surface area contributed by atoms with Crippen LogP contribution in [0.1, 0.15) is 51.4 Å². The monoisotopic (exact) mass is 303 g/mol. The largest absolute Gasteiger partial charge is 0.378 e. The molecule has 0 bridgehead atoms. The highest BCUT2D eigenvalue weighted by atomic mass is 79.9. The van der Waals surface area contributed by atoms with Gasteiger partial charge in [0, 0.05) is 17.5 Å². The van der Waals surface area contributed by atoms with Gasteiger partial charge < -0.3 is 10.1 Å². The van der Waals surface area contributed by atoms with Crippen molar-refractivity contribution in [2.45, 2.75) is 68.3 Å². The number of carbonyl (C=O) groups excluding carboxylic acids is 1. The van der Waals surface area contributed by atoms with E-state index in [1.165, 1.54) is 25.7 Å². The second-order valence-corrected chi connectivity index (χ2v) is 6.34. The third-order valence-electron chi connectivity index (χ3n) is 3.72. The summed E-state index contributed by atoms with van der Waals surface area (Å²) in [7, 11) is 0. The molecule has 1 aliphatic carbocycles. The van der Waals surface area contributed by atoms with E-state index < -0.39 is 0 Å². The molecule has 2 fully saturated rings. The zero-order valence-electron chi connectivity index (χ0n) is 10.3. The molecule has 4 heteroatoms. The highest BCUT2D eigenvalue weighted by Gasteiger charge is 2.25. The number of amides is 1. The topological polar surface area (TPSA) is 38.3 Å². The van der Waals surface area contributed by atoms with Gasteiger partial charge in [0.1, 0.15) is 0 Å². The summed E-state index contributed by atoms with van der Waals surface area (Å²) >= 11 is 3.70. The Hall–Kier alpha value is -0.0900. The van der Waals surface area contributed by atoms with Gasteiger partial charge in [-0.1, -0.05) is 35.2 Å². The van der Waals surface area contributed by atoms with Gasteiger partial charge in [-0.25, -0.2) is 0 Å². The van der Waals surface area contributed by atoms with Crippen LogP contribution in [0, 0.1) is 0 Å². The Balaban J connectivity index is 1.75. The minimum Gasteiger partial charge on any atom is -0.378 e. The average Bonchev–Trinajstić information content (AvgIpc) is 2.71. The molecule has 17 heavy (non-hydrogen) atoms. The maximum absolute atomic E-state index is 11.9. The van der Waals surface area contributed by atoms with Crippen molar-refractivity contribution in [3.8, 4) is 0 Å². The molecule has 3 nitrogen and oxygen atoms in total. The molecule has 0 aromatic rings. The molecule has 1 saturated carbocycles. The number of nitrogens with one attached hydrogen (secondary N) is 1. The lowest BCUT2D eigenvalue weighted by molar-refractivity contribution is -0.124. The van der Waals surface area contributed by atoms with Crippen LogP contribution in [-0.4, -0.2) is 29.5 Å². The van der Waals surface area contributed by atoms with E-state index in [1.54, 1.807) is 0 Å². The minimum atomic E-state index is 0.160. The van der Waals surface area contributed by atoms with Gasteiger partial charge in [0.2, 0.25) is 5.91 Å². The Kier molecular flexibility index (Phi) is 5.29. The van der Waals surface area contributed by atoms with E-state index in [2.05, 4.69) is 21.2 Å². The van der Waals surface area contributed by atoms with Crippen molar-refractivity contribution in [1.29, 1.82) is 0 Å². The van der Waals surface area contributed by atoms with Gasteiger partial charge in [0.05, 0.1) is 12.5 Å². The van der Waals surface area contributed by atoms with Crippen molar-refractivity contribution >= 4 is 21.8 Å². The number of ether oxygens (including phenoxy) is 1. The van der Waals surface area contributed by atoms with Crippen LogP contribution in [0.5, 0.6) is 0 Å². The van der Waals surface area contributed by atoms with E-state index in [-0.39, 0.29) is 12.0 Å². The van der Waals surface area contributed by atoms with Crippen molar-refractivity contribution in [3.05, 3.63) is 0 Å². The van der Waals surface area contributed by atoms with Crippen molar-refractivity contribution < 1.29 is 9.53 Å². The first-order chi connectivity index (χ1) is 8.25. The van der Waals surface area contributed by atoms with Gasteiger partial charge in [-0.2, -0.15) is 0 Å². The number of halogens is 1. The summed E-state index contributed by atoms with van der Waals surface area (Å²) in [5.41, 5.74) is 0. The van der Waals surface area contributed by atoms with Crippen LogP contribution in [0.15, 0.2) is 0 Å². The van der Waals surface area contributed by atoms with Gasteiger partial charge in [0.25, 0.3) is 0 Å². The molecule has 1 N–H and O–H groups in total. The summed E-state index contributed by atoms with van der Waals surface area (Å²) in [5, 5.41) is 3.17. The lowest BCUT2D eigenvalue weighted by atomic mass is 10.1. The van der Waals surface area contributed by atoms with E-state index >= 15 is 0 Å². The Morgan fingerprint density at radius 1 is 1.18 bits per heavy atom. The molecule has 0 radical (unpaired) electrons. The van der Waals surface area contributed by atoms with Gasteiger partial charge in [-0.3, -0.25) is 4.79 Å². The lowest BCUT2D eigenvalue weighted by Gasteiger charge is -2.22. The molecule has 3 atom stereocenters. The smallest absolute Gasteiger partial charge is 0.222 e. The molecule has 3 unspecified atom stereocenters. The number of hydrogen-bond donors (Lipinski definition) is 1. The molecule has 1 heterocycles. The fraction of sp³-hybridized carbons (Fsp3) is 0.923. The third kappa shape index (κ3) is 4.25. The molecule has 2 aliphatic rings. The van der Waals surface area contributed by atoms with Crippen LogP contribution in [0.4, 0.5) is 0 Å². The fourth-order valence-corrected chi connectivity index (χ4v) is 3.42. The van der Waals surface area contributed by atoms with Gasteiger partial charge in [-0.05, 0) is 25.7 Å². The van der Waals surface area contributed by atoms with Gasteiger partial charge in [0.15, 0.2) is 0 Å². The van der Waals surface area contributed by atoms with E-state index in [0.29, 0.717) is 17.3 Å². The summed E-state index contributed by atoms with van der Waals surface area (Å²) in [6.07, 6.45) is 8.91. The van der Waals surface area contributed by atoms with Crippen LogP contribution in [-0.2, 0) is 9.53 Å². The molecule has 1 aliphatic heterocycles. The van der Waals surface area contributed by atoms with Crippen molar-refractivity contribution in [1.82, 2.24) is 5.32 Å². The minimum absolute atomic E-state index is 0.160. The Labute approximate surface area is 112 Å². The highest BCUT2D eigenvalue weighted by Crippen LogP contribution is 2.24. The zero-order valence-corrected chi connectivity index (χ0v) is 11.9. The van der Waals surface area contributed by atoms with Crippen molar-refractivity contribution in [2.24, 2.45) is 0 Å². The maximum Gasteiger partial charge on any atom is 0.222 e. The molecule has 0 spiro atoms. The molecular formula is C13H22BrNO2. The van der Waals surface area contributed by atoms with E-state index in [1.807, 2.05) is 0 Å². The average molecular weight is 304 g/mol. The van der Waals surface area contributed by atoms with Crippen LogP contribution < -0.4 is 5.32 Å². The second-order valence-electron chi connectivity index (χ2n) is 5.17. The summed E-state index contributed by atoms with van der Waals surface area (Å²) in [6.45, 7) is 0.822. The number of hydrogen-bond acceptors (Lipinski definition) is 2. The van der Waals surface area contributed by atoms with Gasteiger partial charge >= 0.3 is 0 Å². The number of carbonyl (C=O) groups is 1. The summed E-state index contributed by atoms with van der Waals surface area (Å²) in [5.74, 6) is 0.160. The van der Waals surface area contributed by atoms with Crippen LogP contribution in [0.3, 0.4) is 0 Å². The van der Waals surface area contributed by atoms with Crippen LogP contribution >= 0.6 is 15.9 Å². The molecule has 2 rings (SSSR count). The standard InChI is InChI=1S/C13H22BrNO2/c14-11-6-2-1-3-7-12(11)15-13(16)9-10-5-4-8-17-10/h10-12H,1-9H2,(H,15,16). The number of rotatable bonds is 3. The quantitative estimate of drug-likeness (QED) is 0.643. The predicted octanol–water partition coefficient (Wildman–Crippen LogP) is 2.77. The first kappa shape index (κ1) is 13.3. The summed E-state index contributed by atoms with van der Waals surface area (Å²) < 4.78 is 5.49. The van der Waals surface area contributed by atoms with E-state index in [4.69, 9.17) is 4.74 Å². The maximum atomic E-state index is 11.9. The number of alkyl halides is 1. The second kappa shape index (κ2) is 6.74. The molecule has 1 amide bonds. The molecule has 98 valence electrons. The van der Waals surface area contributed by atoms with Crippen LogP contribution in [0.25, 0.3) is 0 Å². The Morgan fingerprint density at radius 3 is 2.76 bits per heavy atom. The van der Waals surface area contributed by atoms with Crippen molar-refractivity contribution in [2.75, 3.05) is 6.61 Å². The van der Waals surface area contributed by atoms with Crippen molar-refractivity contribution in [3.63, 3.8) is 0 Å². The summed E-state index contributed by atoms with van der Waals surface area (Å²) in [4.78, 5) is 12.4. The first-order valence-electron chi connectivity index (χ1n) is 6.81. The highest BCUT2D eigenvalue weighted by molar-refractivity contribution is 9.09. The lowest BCUT2D eigenvalue weighted by Crippen LogP contribution is -2.41. The Bertz CT molecular complexity index is 254. The Morgan fingerprint density at radius 2 is 2.00 bits per heavy atom. The molecule has 1 saturated heterocycles. The molecule has 0 aromatic heterocycles. The predicted molar refractivity (Wildman–Crippen MR) is 71.3 cm³/mol. The zero-order chi connectivity index (χ0) is 12.1. The fourth-order valence-electron chi connectivity index (χ4n) is 2.70. The summed E-state index contributed by atoms with van der Waals surface area (Å²) in [6, 6.07) is 0.311. The van der Waals surface area contributed by atoms with E-state index in [0.717, 1.165) is 25.9 Å². The SMILES string of the molecule is O=C(CC1CCCO1)NC1CCCCCC1Br. The van der Waals surface area contributed by atoms with Gasteiger partial charge in [-0.15, -0.1) is 0 Å². The third-order valence-corrected chi connectivity index (χ3v) is 4.81. The normalized spacial score (nSPS) is 34.3.